The van der Waals surface area contributed by atoms with E-state index in [9.17, 15) is 14.7 Å². The Morgan fingerprint density at radius 1 is 1.38 bits per heavy atom. The van der Waals surface area contributed by atoms with Crippen LogP contribution in [-0.2, 0) is 20.9 Å². The molecule has 2 unspecified atom stereocenters. The van der Waals surface area contributed by atoms with Gasteiger partial charge in [0, 0.05) is 24.7 Å². The molecule has 1 aromatic rings. The predicted octanol–water partition coefficient (Wildman–Crippen LogP) is 3.90. The molecule has 1 fully saturated rings. The first-order valence-corrected chi connectivity index (χ1v) is 9.24. The molecule has 1 saturated heterocycles. The third-order valence-corrected chi connectivity index (χ3v) is 5.38. The number of likely N-dealkylation sites (tertiary alicyclic amines) is 1. The highest BCUT2D eigenvalue weighted by Gasteiger charge is 2.52. The predicted molar refractivity (Wildman–Crippen MR) is 101 cm³/mol. The molecule has 2 atom stereocenters. The molecule has 0 spiro atoms. The molecule has 1 heterocycles. The highest BCUT2D eigenvalue weighted by atomic mass is 35.5. The molecule has 6 heteroatoms. The van der Waals surface area contributed by atoms with Crippen LogP contribution >= 0.6 is 11.6 Å². The molecule has 1 aromatic carbocycles. The number of carbonyl (C=O) groups excluding carboxylic acids is 1. The van der Waals surface area contributed by atoms with Crippen LogP contribution in [0.1, 0.15) is 45.2 Å². The number of aliphatic carboxylic acids is 1. The highest BCUT2D eigenvalue weighted by Crippen LogP contribution is 2.41. The number of benzene rings is 1. The molecule has 0 aromatic heterocycles. The number of esters is 1. The lowest BCUT2D eigenvalue weighted by Crippen LogP contribution is -2.41. The average molecular weight is 382 g/mol. The van der Waals surface area contributed by atoms with Crippen molar-refractivity contribution in [1.82, 2.24) is 4.90 Å². The number of carbonyl (C=O) groups is 2. The van der Waals surface area contributed by atoms with Crippen molar-refractivity contribution in [3.8, 4) is 0 Å². The van der Waals surface area contributed by atoms with E-state index >= 15 is 0 Å². The monoisotopic (exact) mass is 381 g/mol. The Hall–Kier alpha value is -1.59. The molecular formula is C20H28ClNO4. The molecule has 0 aliphatic carbocycles. The van der Waals surface area contributed by atoms with Crippen LogP contribution in [0.4, 0.5) is 0 Å². The standard InChI is InChI=1S/C20H28ClNO4/c1-13-7-6-8-16(21)15(13)11-22-10-14(2)20(12-22,18(24)25)9-17(23)26-19(3,4)5/h6-8,14H,9-12H2,1-5H3,(H,24,25). The van der Waals surface area contributed by atoms with E-state index < -0.39 is 23.0 Å². The number of ether oxygens (including phenoxy) is 1. The summed E-state index contributed by atoms with van der Waals surface area (Å²) in [5.41, 5.74) is 0.301. The van der Waals surface area contributed by atoms with Crippen LogP contribution in [0.3, 0.4) is 0 Å². The van der Waals surface area contributed by atoms with Crippen molar-refractivity contribution in [3.05, 3.63) is 34.3 Å². The SMILES string of the molecule is Cc1cccc(Cl)c1CN1CC(C)C(CC(=O)OC(C)(C)C)(C(=O)O)C1. The zero-order valence-corrected chi connectivity index (χ0v) is 16.9. The smallest absolute Gasteiger partial charge is 0.311 e. The molecule has 5 nitrogen and oxygen atoms in total. The molecular weight excluding hydrogens is 354 g/mol. The van der Waals surface area contributed by atoms with E-state index in [1.54, 1.807) is 20.8 Å². The minimum Gasteiger partial charge on any atom is -0.481 e. The maximum absolute atomic E-state index is 12.3. The van der Waals surface area contributed by atoms with Gasteiger partial charge in [-0.1, -0.05) is 30.7 Å². The summed E-state index contributed by atoms with van der Waals surface area (Å²) >= 11 is 6.32. The molecule has 0 radical (unpaired) electrons. The normalized spacial score (nSPS) is 23.8. The zero-order chi connectivity index (χ0) is 19.7. The topological polar surface area (TPSA) is 66.8 Å². The van der Waals surface area contributed by atoms with Crippen molar-refractivity contribution in [3.63, 3.8) is 0 Å². The highest BCUT2D eigenvalue weighted by molar-refractivity contribution is 6.31. The first-order valence-electron chi connectivity index (χ1n) is 8.86. The molecule has 0 amide bonds. The van der Waals surface area contributed by atoms with Crippen LogP contribution in [0.5, 0.6) is 0 Å². The van der Waals surface area contributed by atoms with Gasteiger partial charge < -0.3 is 9.84 Å². The molecule has 1 aliphatic rings. The van der Waals surface area contributed by atoms with Crippen LogP contribution < -0.4 is 0 Å². The van der Waals surface area contributed by atoms with Crippen LogP contribution in [0, 0.1) is 18.3 Å². The van der Waals surface area contributed by atoms with E-state index in [2.05, 4.69) is 4.90 Å². The Labute approximate surface area is 160 Å². The second kappa shape index (κ2) is 7.57. The summed E-state index contributed by atoms with van der Waals surface area (Å²) in [5, 5.41) is 10.6. The molecule has 144 valence electrons. The van der Waals surface area contributed by atoms with Crippen molar-refractivity contribution in [2.45, 2.75) is 53.2 Å². The van der Waals surface area contributed by atoms with Crippen LogP contribution in [-0.4, -0.2) is 40.6 Å². The molecule has 0 bridgehead atoms. The van der Waals surface area contributed by atoms with Crippen molar-refractivity contribution in [2.24, 2.45) is 11.3 Å². The van der Waals surface area contributed by atoms with Gasteiger partial charge in [-0.05, 0) is 50.8 Å². The second-order valence-corrected chi connectivity index (χ2v) is 8.74. The lowest BCUT2D eigenvalue weighted by atomic mass is 9.76. The van der Waals surface area contributed by atoms with Crippen molar-refractivity contribution < 1.29 is 19.4 Å². The van der Waals surface area contributed by atoms with E-state index in [0.717, 1.165) is 11.1 Å². The second-order valence-electron chi connectivity index (χ2n) is 8.33. The van der Waals surface area contributed by atoms with Gasteiger partial charge in [0.25, 0.3) is 0 Å². The Morgan fingerprint density at radius 3 is 2.58 bits per heavy atom. The summed E-state index contributed by atoms with van der Waals surface area (Å²) in [6, 6.07) is 5.73. The maximum atomic E-state index is 12.3. The summed E-state index contributed by atoms with van der Waals surface area (Å²) in [6.45, 7) is 10.7. The van der Waals surface area contributed by atoms with Crippen molar-refractivity contribution >= 4 is 23.5 Å². The van der Waals surface area contributed by atoms with Crippen LogP contribution in [0.15, 0.2) is 18.2 Å². The number of carboxylic acids is 1. The largest absolute Gasteiger partial charge is 0.481 e. The van der Waals surface area contributed by atoms with Gasteiger partial charge >= 0.3 is 11.9 Å². The maximum Gasteiger partial charge on any atom is 0.311 e. The number of carboxylic acid groups (broad SMARTS) is 1. The Balaban J connectivity index is 2.19. The third-order valence-electron chi connectivity index (χ3n) is 5.02. The summed E-state index contributed by atoms with van der Waals surface area (Å²) in [7, 11) is 0. The fourth-order valence-corrected chi connectivity index (χ4v) is 3.89. The Bertz CT molecular complexity index is 677. The average Bonchev–Trinajstić information content (AvgIpc) is 2.78. The number of hydrogen-bond acceptors (Lipinski definition) is 4. The summed E-state index contributed by atoms with van der Waals surface area (Å²) in [4.78, 5) is 26.5. The first-order chi connectivity index (χ1) is 11.9. The minimum absolute atomic E-state index is 0.126. The Morgan fingerprint density at radius 2 is 2.04 bits per heavy atom. The molecule has 26 heavy (non-hydrogen) atoms. The number of rotatable bonds is 5. The quantitative estimate of drug-likeness (QED) is 0.783. The minimum atomic E-state index is -1.14. The van der Waals surface area contributed by atoms with Crippen molar-refractivity contribution in [1.29, 1.82) is 0 Å². The van der Waals surface area contributed by atoms with Crippen LogP contribution in [0.2, 0.25) is 5.02 Å². The number of aryl methyl sites for hydroxylation is 1. The van der Waals surface area contributed by atoms with E-state index in [4.69, 9.17) is 16.3 Å². The lowest BCUT2D eigenvalue weighted by Gasteiger charge is -2.29. The van der Waals surface area contributed by atoms with Gasteiger partial charge in [-0.2, -0.15) is 0 Å². The van der Waals surface area contributed by atoms with Gasteiger partial charge in [-0.25, -0.2) is 0 Å². The van der Waals surface area contributed by atoms with Gasteiger partial charge in [-0.15, -0.1) is 0 Å². The van der Waals surface area contributed by atoms with Gasteiger partial charge in [0.05, 0.1) is 11.8 Å². The summed E-state index contributed by atoms with van der Waals surface area (Å²) in [5.74, 6) is -1.59. The first kappa shape index (κ1) is 20.7. The van der Waals surface area contributed by atoms with E-state index in [-0.39, 0.29) is 12.3 Å². The third kappa shape index (κ3) is 4.57. The number of nitrogens with zero attached hydrogens (tertiary/aromatic N) is 1. The van der Waals surface area contributed by atoms with Gasteiger partial charge in [0.15, 0.2) is 0 Å². The number of hydrogen-bond donors (Lipinski definition) is 1. The van der Waals surface area contributed by atoms with Crippen LogP contribution in [0.25, 0.3) is 0 Å². The molecule has 0 saturated carbocycles. The van der Waals surface area contributed by atoms with E-state index in [1.807, 2.05) is 32.0 Å². The molecule has 1 aliphatic heterocycles. The van der Waals surface area contributed by atoms with Gasteiger partial charge in [-0.3, -0.25) is 14.5 Å². The molecule has 2 rings (SSSR count). The summed E-state index contributed by atoms with van der Waals surface area (Å²) in [6.07, 6.45) is -0.126. The molecule has 1 N–H and O–H groups in total. The van der Waals surface area contributed by atoms with E-state index in [1.165, 1.54) is 0 Å². The fourth-order valence-electron chi connectivity index (χ4n) is 3.61. The number of halogens is 1. The lowest BCUT2D eigenvalue weighted by molar-refractivity contribution is -0.166. The fraction of sp³-hybridized carbons (Fsp3) is 0.600. The van der Waals surface area contributed by atoms with Crippen molar-refractivity contribution in [2.75, 3.05) is 13.1 Å². The van der Waals surface area contributed by atoms with Gasteiger partial charge in [0.1, 0.15) is 5.60 Å². The Kier molecular flexibility index (Phi) is 6.03. The zero-order valence-electron chi connectivity index (χ0n) is 16.1. The van der Waals surface area contributed by atoms with Gasteiger partial charge in [0.2, 0.25) is 0 Å². The van der Waals surface area contributed by atoms with E-state index in [0.29, 0.717) is 24.7 Å². The summed E-state index contributed by atoms with van der Waals surface area (Å²) < 4.78 is 5.37.